The van der Waals surface area contributed by atoms with E-state index in [-0.39, 0.29) is 18.6 Å². The lowest BCUT2D eigenvalue weighted by Crippen LogP contribution is -2.41. The van der Waals surface area contributed by atoms with E-state index in [0.717, 1.165) is 6.42 Å². The zero-order chi connectivity index (χ0) is 14.9. The van der Waals surface area contributed by atoms with Gasteiger partial charge in [-0.3, -0.25) is 0 Å². The molecule has 116 valence electrons. The molecule has 0 bridgehead atoms. The third-order valence-corrected chi connectivity index (χ3v) is 2.84. The van der Waals surface area contributed by atoms with Crippen molar-refractivity contribution < 1.29 is 27.0 Å². The average molecular weight is 289 g/mol. The fourth-order valence-electron chi connectivity index (χ4n) is 1.58. The topological polar surface area (TPSA) is 30.5 Å². The van der Waals surface area contributed by atoms with E-state index >= 15 is 0 Å². The van der Waals surface area contributed by atoms with E-state index in [1.165, 1.54) is 0 Å². The van der Waals surface area contributed by atoms with Crippen LogP contribution in [-0.4, -0.2) is 51.9 Å². The Bertz CT molecular complexity index is 230. The van der Waals surface area contributed by atoms with Crippen LogP contribution in [0.3, 0.4) is 0 Å². The van der Waals surface area contributed by atoms with Gasteiger partial charge in [0.2, 0.25) is 0 Å². The lowest BCUT2D eigenvalue weighted by molar-refractivity contribution is -0.167. The molecule has 0 rings (SSSR count). The van der Waals surface area contributed by atoms with Crippen molar-refractivity contribution in [1.29, 1.82) is 0 Å². The molecule has 2 unspecified atom stereocenters. The smallest absolute Gasteiger partial charge is 0.330 e. The summed E-state index contributed by atoms with van der Waals surface area (Å²) in [4.78, 5) is 0. The molecule has 7 heteroatoms. The second kappa shape index (κ2) is 9.50. The van der Waals surface area contributed by atoms with Gasteiger partial charge in [0.15, 0.2) is 0 Å². The molecule has 0 saturated heterocycles. The van der Waals surface area contributed by atoms with E-state index in [1.54, 1.807) is 7.11 Å². The normalized spacial score (nSPS) is 15.8. The number of halogens is 4. The SMILES string of the molecule is CCNC(COCC(F)(F)C(F)F)C(C)CCOC. The van der Waals surface area contributed by atoms with E-state index in [1.807, 2.05) is 13.8 Å². The lowest BCUT2D eigenvalue weighted by atomic mass is 9.99. The van der Waals surface area contributed by atoms with Crippen molar-refractivity contribution in [2.45, 2.75) is 38.7 Å². The highest BCUT2D eigenvalue weighted by molar-refractivity contribution is 4.74. The van der Waals surface area contributed by atoms with Crippen LogP contribution >= 0.6 is 0 Å². The van der Waals surface area contributed by atoms with E-state index < -0.39 is 19.0 Å². The summed E-state index contributed by atoms with van der Waals surface area (Å²) in [6.07, 6.45) is -2.96. The predicted octanol–water partition coefficient (Wildman–Crippen LogP) is 2.55. The Balaban J connectivity index is 4.13. The first kappa shape index (κ1) is 18.6. The quantitative estimate of drug-likeness (QED) is 0.593. The third kappa shape index (κ3) is 7.69. The summed E-state index contributed by atoms with van der Waals surface area (Å²) in [5, 5.41) is 3.09. The minimum atomic E-state index is -4.09. The second-order valence-corrected chi connectivity index (χ2v) is 4.50. The molecule has 0 saturated carbocycles. The Kier molecular flexibility index (Phi) is 9.30. The number of methoxy groups -OCH3 is 1. The lowest BCUT2D eigenvalue weighted by Gasteiger charge is -2.25. The van der Waals surface area contributed by atoms with Gasteiger partial charge < -0.3 is 14.8 Å². The first-order valence-electron chi connectivity index (χ1n) is 6.31. The van der Waals surface area contributed by atoms with Crippen molar-refractivity contribution in [1.82, 2.24) is 5.32 Å². The molecule has 0 heterocycles. The monoisotopic (exact) mass is 289 g/mol. The van der Waals surface area contributed by atoms with Gasteiger partial charge in [0.05, 0.1) is 6.61 Å². The Labute approximate surface area is 111 Å². The zero-order valence-corrected chi connectivity index (χ0v) is 11.6. The number of hydrogen-bond acceptors (Lipinski definition) is 3. The van der Waals surface area contributed by atoms with Gasteiger partial charge in [-0.2, -0.15) is 8.78 Å². The maximum absolute atomic E-state index is 12.7. The summed E-state index contributed by atoms with van der Waals surface area (Å²) >= 11 is 0. The van der Waals surface area contributed by atoms with Crippen LogP contribution in [0.1, 0.15) is 20.3 Å². The summed E-state index contributed by atoms with van der Waals surface area (Å²) in [7, 11) is 1.58. The maximum Gasteiger partial charge on any atom is 0.330 e. The van der Waals surface area contributed by atoms with Crippen molar-refractivity contribution >= 4 is 0 Å². The molecule has 0 aromatic rings. The van der Waals surface area contributed by atoms with Crippen LogP contribution < -0.4 is 5.32 Å². The number of likely N-dealkylation sites (N-methyl/N-ethyl adjacent to an activating group) is 1. The maximum atomic E-state index is 12.7. The molecule has 0 aliphatic rings. The molecule has 0 fully saturated rings. The molecule has 0 aliphatic heterocycles. The van der Waals surface area contributed by atoms with Gasteiger partial charge in [0.25, 0.3) is 0 Å². The second-order valence-electron chi connectivity index (χ2n) is 4.50. The number of alkyl halides is 4. The highest BCUT2D eigenvalue weighted by Crippen LogP contribution is 2.23. The highest BCUT2D eigenvalue weighted by Gasteiger charge is 2.41. The molecular formula is C12H23F4NO2. The van der Waals surface area contributed by atoms with Crippen molar-refractivity contribution in [3.05, 3.63) is 0 Å². The number of rotatable bonds is 11. The van der Waals surface area contributed by atoms with Crippen LogP contribution in [0.5, 0.6) is 0 Å². The van der Waals surface area contributed by atoms with Crippen LogP contribution in [-0.2, 0) is 9.47 Å². The molecule has 19 heavy (non-hydrogen) atoms. The first-order chi connectivity index (χ1) is 8.85. The van der Waals surface area contributed by atoms with Crippen molar-refractivity contribution in [2.24, 2.45) is 5.92 Å². The zero-order valence-electron chi connectivity index (χ0n) is 11.6. The average Bonchev–Trinajstić information content (AvgIpc) is 2.34. The molecule has 0 spiro atoms. The van der Waals surface area contributed by atoms with Gasteiger partial charge in [-0.05, 0) is 18.9 Å². The minimum Gasteiger partial charge on any atom is -0.385 e. The van der Waals surface area contributed by atoms with E-state index in [4.69, 9.17) is 9.47 Å². The van der Waals surface area contributed by atoms with Gasteiger partial charge >= 0.3 is 12.3 Å². The molecule has 0 aromatic carbocycles. The minimum absolute atomic E-state index is 0.0268. The Morgan fingerprint density at radius 2 is 1.89 bits per heavy atom. The highest BCUT2D eigenvalue weighted by atomic mass is 19.3. The summed E-state index contributed by atoms with van der Waals surface area (Å²) in [6, 6.07) is -0.159. The van der Waals surface area contributed by atoms with Crippen LogP contribution in [0.15, 0.2) is 0 Å². The fraction of sp³-hybridized carbons (Fsp3) is 1.00. The Hall–Kier alpha value is -0.400. The van der Waals surface area contributed by atoms with Gasteiger partial charge in [0, 0.05) is 19.8 Å². The Morgan fingerprint density at radius 3 is 2.37 bits per heavy atom. The van der Waals surface area contributed by atoms with Crippen LogP contribution in [0.2, 0.25) is 0 Å². The standard InChI is InChI=1S/C12H23F4NO2/c1-4-17-10(9(2)5-6-18-3)7-19-8-12(15,16)11(13)14/h9-11,17H,4-8H2,1-3H3. The molecule has 0 amide bonds. The van der Waals surface area contributed by atoms with Crippen molar-refractivity contribution in [3.8, 4) is 0 Å². The van der Waals surface area contributed by atoms with E-state index in [9.17, 15) is 17.6 Å². The molecule has 0 aliphatic carbocycles. The number of ether oxygens (including phenoxy) is 2. The van der Waals surface area contributed by atoms with Crippen LogP contribution in [0.25, 0.3) is 0 Å². The summed E-state index contributed by atoms with van der Waals surface area (Å²) < 4.78 is 58.9. The summed E-state index contributed by atoms with van der Waals surface area (Å²) in [6.45, 7) is 3.72. The van der Waals surface area contributed by atoms with Gasteiger partial charge in [-0.25, -0.2) is 8.78 Å². The first-order valence-corrected chi connectivity index (χ1v) is 6.31. The molecular weight excluding hydrogens is 266 g/mol. The molecule has 3 nitrogen and oxygen atoms in total. The summed E-state index contributed by atoms with van der Waals surface area (Å²) in [5.74, 6) is -3.95. The molecule has 0 radical (unpaired) electrons. The fourth-order valence-corrected chi connectivity index (χ4v) is 1.58. The molecule has 0 aromatic heterocycles. The van der Waals surface area contributed by atoms with Gasteiger partial charge in [-0.1, -0.05) is 13.8 Å². The number of nitrogens with one attached hydrogen (secondary N) is 1. The summed E-state index contributed by atoms with van der Waals surface area (Å²) in [5.41, 5.74) is 0. The third-order valence-electron chi connectivity index (χ3n) is 2.84. The Morgan fingerprint density at radius 1 is 1.26 bits per heavy atom. The van der Waals surface area contributed by atoms with Gasteiger partial charge in [-0.15, -0.1) is 0 Å². The van der Waals surface area contributed by atoms with E-state index in [0.29, 0.717) is 13.2 Å². The van der Waals surface area contributed by atoms with Crippen molar-refractivity contribution in [2.75, 3.05) is 33.5 Å². The van der Waals surface area contributed by atoms with Crippen LogP contribution in [0, 0.1) is 5.92 Å². The molecule has 2 atom stereocenters. The molecule has 1 N–H and O–H groups in total. The van der Waals surface area contributed by atoms with Gasteiger partial charge in [0.1, 0.15) is 6.61 Å². The van der Waals surface area contributed by atoms with Crippen LogP contribution in [0.4, 0.5) is 17.6 Å². The van der Waals surface area contributed by atoms with E-state index in [2.05, 4.69) is 5.32 Å². The predicted molar refractivity (Wildman–Crippen MR) is 64.9 cm³/mol. The van der Waals surface area contributed by atoms with Crippen molar-refractivity contribution in [3.63, 3.8) is 0 Å². The number of hydrogen-bond donors (Lipinski definition) is 1. The largest absolute Gasteiger partial charge is 0.385 e.